The van der Waals surface area contributed by atoms with Crippen molar-refractivity contribution in [2.24, 2.45) is 10.8 Å². The van der Waals surface area contributed by atoms with Gasteiger partial charge < -0.3 is 11.2 Å². The number of nitrogens with two attached hydrogens (primary N) is 2. The molecule has 5 N–H and O–H groups in total. The second-order valence-electron chi connectivity index (χ2n) is 5.20. The summed E-state index contributed by atoms with van der Waals surface area (Å²) in [5.74, 6) is 3.61. The van der Waals surface area contributed by atoms with Gasteiger partial charge in [0.2, 0.25) is 0 Å². The first-order valence-electron chi connectivity index (χ1n) is 7.36. The molecule has 9 heteroatoms. The van der Waals surface area contributed by atoms with Crippen LogP contribution in [-0.4, -0.2) is 15.8 Å². The normalized spacial score (nSPS) is 11.5. The van der Waals surface area contributed by atoms with E-state index < -0.39 is 17.3 Å². The van der Waals surface area contributed by atoms with Crippen molar-refractivity contribution in [3.05, 3.63) is 71.1 Å². The molecular formula is C17H13ClF2N6. The maximum absolute atomic E-state index is 14.1. The number of pyridine rings is 2. The Morgan fingerprint density at radius 1 is 1.15 bits per heavy atom. The molecule has 2 aromatic heterocycles. The summed E-state index contributed by atoms with van der Waals surface area (Å²) in [5, 5.41) is -0.267. The third kappa shape index (κ3) is 3.46. The molecule has 0 saturated heterocycles. The van der Waals surface area contributed by atoms with Crippen LogP contribution in [0.5, 0.6) is 0 Å². The van der Waals surface area contributed by atoms with E-state index in [4.69, 9.17) is 23.2 Å². The number of halogens is 3. The third-order valence-corrected chi connectivity index (χ3v) is 3.84. The molecule has 3 aromatic rings. The van der Waals surface area contributed by atoms with Crippen LogP contribution in [0.15, 0.2) is 53.9 Å². The summed E-state index contributed by atoms with van der Waals surface area (Å²) < 4.78 is 28.1. The minimum Gasteiger partial charge on any atom is -0.383 e. The van der Waals surface area contributed by atoms with E-state index in [0.717, 1.165) is 17.7 Å². The molecule has 0 aliphatic rings. The minimum atomic E-state index is -1.01. The van der Waals surface area contributed by atoms with Gasteiger partial charge in [-0.15, -0.1) is 0 Å². The monoisotopic (exact) mass is 374 g/mol. The Hall–Kier alpha value is -3.10. The molecule has 0 aliphatic heterocycles. The highest BCUT2D eigenvalue weighted by Gasteiger charge is 2.16. The van der Waals surface area contributed by atoms with Crippen LogP contribution in [0.2, 0.25) is 5.02 Å². The van der Waals surface area contributed by atoms with Crippen molar-refractivity contribution >= 4 is 28.9 Å². The van der Waals surface area contributed by atoms with Crippen LogP contribution in [-0.2, 0) is 0 Å². The number of aliphatic imine (C=N–C) groups is 1. The molecule has 0 atom stereocenters. The number of nitrogens with one attached hydrogen (secondary N) is 1. The lowest BCUT2D eigenvalue weighted by atomic mass is 10.1. The van der Waals surface area contributed by atoms with E-state index in [-0.39, 0.29) is 22.2 Å². The summed E-state index contributed by atoms with van der Waals surface area (Å²) in [6.07, 6.45) is 4.82. The van der Waals surface area contributed by atoms with Gasteiger partial charge in [0, 0.05) is 29.7 Å². The van der Waals surface area contributed by atoms with Crippen molar-refractivity contribution < 1.29 is 8.78 Å². The van der Waals surface area contributed by atoms with Crippen LogP contribution in [0.4, 0.5) is 20.3 Å². The van der Waals surface area contributed by atoms with E-state index in [2.05, 4.69) is 20.4 Å². The molecule has 6 nitrogen and oxygen atoms in total. The van der Waals surface area contributed by atoms with Crippen LogP contribution in [0.3, 0.4) is 0 Å². The number of anilines is 1. The standard InChI is InChI=1S/C17H13ClF2N6/c18-12-3-4-13(19)15(14(12)20)25-17(26-22)11-6-10(8-24-16(11)21)9-2-1-5-23-7-9/h1-8H,22H2,(H2,21,24)(H,25,26). The first-order valence-corrected chi connectivity index (χ1v) is 7.74. The van der Waals surface area contributed by atoms with Crippen LogP contribution in [0.25, 0.3) is 11.1 Å². The second-order valence-corrected chi connectivity index (χ2v) is 5.60. The van der Waals surface area contributed by atoms with Gasteiger partial charge in [-0.2, -0.15) is 0 Å². The van der Waals surface area contributed by atoms with Crippen molar-refractivity contribution in [3.63, 3.8) is 0 Å². The van der Waals surface area contributed by atoms with E-state index >= 15 is 0 Å². The number of hydrogen-bond donors (Lipinski definition) is 3. The quantitative estimate of drug-likeness (QED) is 0.215. The first-order chi connectivity index (χ1) is 12.5. The van der Waals surface area contributed by atoms with Crippen molar-refractivity contribution in [1.82, 2.24) is 15.4 Å². The van der Waals surface area contributed by atoms with Gasteiger partial charge in [-0.3, -0.25) is 4.98 Å². The highest BCUT2D eigenvalue weighted by Crippen LogP contribution is 2.29. The van der Waals surface area contributed by atoms with E-state index in [1.807, 2.05) is 6.07 Å². The third-order valence-electron chi connectivity index (χ3n) is 3.55. The molecule has 0 amide bonds. The molecule has 26 heavy (non-hydrogen) atoms. The molecule has 0 fully saturated rings. The fraction of sp³-hybridized carbons (Fsp3) is 0. The van der Waals surface area contributed by atoms with Crippen LogP contribution in [0, 0.1) is 11.6 Å². The van der Waals surface area contributed by atoms with E-state index in [1.165, 1.54) is 0 Å². The molecule has 2 heterocycles. The Balaban J connectivity index is 2.13. The fourth-order valence-corrected chi connectivity index (χ4v) is 2.41. The van der Waals surface area contributed by atoms with Gasteiger partial charge in [0.25, 0.3) is 0 Å². The van der Waals surface area contributed by atoms with Crippen LogP contribution < -0.4 is 17.0 Å². The number of aromatic nitrogens is 2. The highest BCUT2D eigenvalue weighted by molar-refractivity contribution is 6.31. The number of hydrazine groups is 1. The molecule has 0 aliphatic carbocycles. The average molecular weight is 375 g/mol. The van der Waals surface area contributed by atoms with Gasteiger partial charge in [-0.05, 0) is 24.3 Å². The summed E-state index contributed by atoms with van der Waals surface area (Å²) in [5.41, 5.74) is 9.32. The number of nitrogen functional groups attached to an aromatic ring is 1. The number of rotatable bonds is 3. The Labute approximate surface area is 152 Å². The molecule has 132 valence electrons. The Morgan fingerprint density at radius 2 is 1.96 bits per heavy atom. The maximum atomic E-state index is 14.1. The Bertz CT molecular complexity index is 978. The summed E-state index contributed by atoms with van der Waals surface area (Å²) in [6, 6.07) is 7.33. The van der Waals surface area contributed by atoms with Gasteiger partial charge in [-0.25, -0.2) is 24.6 Å². The minimum absolute atomic E-state index is 0.0687. The zero-order chi connectivity index (χ0) is 18.7. The number of nitrogens with zero attached hydrogens (tertiary/aromatic N) is 3. The first kappa shape index (κ1) is 17.7. The molecule has 0 saturated carbocycles. The summed E-state index contributed by atoms with van der Waals surface area (Å²) >= 11 is 5.69. The SMILES string of the molecule is NNC(=Nc1c(F)ccc(Cl)c1F)c1cc(-c2cccnc2)cnc1N. The molecule has 0 unspecified atom stereocenters. The van der Waals surface area contributed by atoms with Crippen molar-refractivity contribution in [3.8, 4) is 11.1 Å². The highest BCUT2D eigenvalue weighted by atomic mass is 35.5. The Kier molecular flexibility index (Phi) is 5.06. The van der Waals surface area contributed by atoms with Crippen LogP contribution >= 0.6 is 11.6 Å². The smallest absolute Gasteiger partial charge is 0.170 e. The van der Waals surface area contributed by atoms with E-state index in [0.29, 0.717) is 5.56 Å². The average Bonchev–Trinajstić information content (AvgIpc) is 2.67. The Morgan fingerprint density at radius 3 is 2.65 bits per heavy atom. The van der Waals surface area contributed by atoms with Gasteiger partial charge in [0.05, 0.1) is 10.6 Å². The van der Waals surface area contributed by atoms with Gasteiger partial charge in [-0.1, -0.05) is 17.7 Å². The predicted octanol–water partition coefficient (Wildman–Crippen LogP) is 3.20. The molecule has 3 rings (SSSR count). The zero-order valence-electron chi connectivity index (χ0n) is 13.2. The van der Waals surface area contributed by atoms with Crippen molar-refractivity contribution in [2.45, 2.75) is 0 Å². The number of benzene rings is 1. The summed E-state index contributed by atoms with van der Waals surface area (Å²) in [6.45, 7) is 0. The number of hydrogen-bond acceptors (Lipinski definition) is 5. The second kappa shape index (κ2) is 7.42. The number of amidine groups is 1. The van der Waals surface area contributed by atoms with Crippen molar-refractivity contribution in [1.29, 1.82) is 0 Å². The summed E-state index contributed by atoms with van der Waals surface area (Å²) in [4.78, 5) is 12.0. The largest absolute Gasteiger partial charge is 0.383 e. The molecule has 0 bridgehead atoms. The zero-order valence-corrected chi connectivity index (χ0v) is 14.0. The molecular weight excluding hydrogens is 362 g/mol. The summed E-state index contributed by atoms with van der Waals surface area (Å²) in [7, 11) is 0. The predicted molar refractivity (Wildman–Crippen MR) is 96.8 cm³/mol. The van der Waals surface area contributed by atoms with Crippen molar-refractivity contribution in [2.75, 3.05) is 5.73 Å². The van der Waals surface area contributed by atoms with Crippen LogP contribution in [0.1, 0.15) is 5.56 Å². The lowest BCUT2D eigenvalue weighted by molar-refractivity contribution is 0.587. The van der Waals surface area contributed by atoms with Gasteiger partial charge in [0.1, 0.15) is 11.5 Å². The molecule has 0 spiro atoms. The van der Waals surface area contributed by atoms with E-state index in [9.17, 15) is 8.78 Å². The topological polar surface area (TPSA) is 102 Å². The van der Waals surface area contributed by atoms with Gasteiger partial charge >= 0.3 is 0 Å². The lowest BCUT2D eigenvalue weighted by Crippen LogP contribution is -2.32. The van der Waals surface area contributed by atoms with Gasteiger partial charge in [0.15, 0.2) is 17.5 Å². The van der Waals surface area contributed by atoms with E-state index in [1.54, 1.807) is 30.7 Å². The molecule has 0 radical (unpaired) electrons. The maximum Gasteiger partial charge on any atom is 0.170 e. The lowest BCUT2D eigenvalue weighted by Gasteiger charge is -2.11. The molecule has 1 aromatic carbocycles. The fourth-order valence-electron chi connectivity index (χ4n) is 2.26.